The van der Waals surface area contributed by atoms with Gasteiger partial charge in [-0.3, -0.25) is 10.1 Å². The molecule has 0 aliphatic rings. The number of ether oxygens (including phenoxy) is 1. The van der Waals surface area contributed by atoms with E-state index >= 15 is 0 Å². The number of thiazole rings is 1. The van der Waals surface area contributed by atoms with Gasteiger partial charge in [0.25, 0.3) is 0 Å². The lowest BCUT2D eigenvalue weighted by Gasteiger charge is -2.17. The molecule has 0 fully saturated rings. The number of nitrogens with zero attached hydrogens (tertiary/aromatic N) is 2. The second kappa shape index (κ2) is 9.82. The predicted molar refractivity (Wildman–Crippen MR) is 112 cm³/mol. The summed E-state index contributed by atoms with van der Waals surface area (Å²) in [6.45, 7) is 0.194. The molecule has 0 radical (unpaired) electrons. The van der Waals surface area contributed by atoms with E-state index in [2.05, 4.69) is 10.3 Å². The van der Waals surface area contributed by atoms with Crippen LogP contribution in [0.3, 0.4) is 0 Å². The largest absolute Gasteiger partial charge is 0.447 e. The molecule has 1 heterocycles. The average Bonchev–Trinajstić information content (AvgIpc) is 3.08. The van der Waals surface area contributed by atoms with Gasteiger partial charge >= 0.3 is 6.09 Å². The van der Waals surface area contributed by atoms with Crippen LogP contribution in [0.4, 0.5) is 18.7 Å². The van der Waals surface area contributed by atoms with Crippen LogP contribution in [-0.2, 0) is 16.0 Å². The number of carbonyl (C=O) groups is 2. The van der Waals surface area contributed by atoms with Crippen LogP contribution < -0.4 is 5.32 Å². The number of nitrogens with one attached hydrogen (secondary N) is 1. The van der Waals surface area contributed by atoms with Gasteiger partial charge in [0.05, 0.1) is 16.8 Å². The van der Waals surface area contributed by atoms with Crippen LogP contribution in [0.1, 0.15) is 12.0 Å². The van der Waals surface area contributed by atoms with Crippen molar-refractivity contribution in [2.45, 2.75) is 12.8 Å². The van der Waals surface area contributed by atoms with Crippen molar-refractivity contribution in [1.29, 1.82) is 0 Å². The molecule has 3 rings (SSSR count). The first kappa shape index (κ1) is 21.9. The maximum Gasteiger partial charge on any atom is 0.413 e. The van der Waals surface area contributed by atoms with Gasteiger partial charge in [-0.1, -0.05) is 41.1 Å². The van der Waals surface area contributed by atoms with Crippen LogP contribution in [0, 0.1) is 11.6 Å². The Morgan fingerprint density at radius 1 is 1.23 bits per heavy atom. The minimum Gasteiger partial charge on any atom is -0.447 e. The van der Waals surface area contributed by atoms with E-state index in [1.54, 1.807) is 13.1 Å². The highest BCUT2D eigenvalue weighted by molar-refractivity contribution is 7.22. The van der Waals surface area contributed by atoms with E-state index in [1.807, 2.05) is 18.2 Å². The monoisotopic (exact) mass is 453 g/mol. The van der Waals surface area contributed by atoms with Crippen molar-refractivity contribution >= 4 is 50.3 Å². The number of aromatic nitrogens is 1. The average molecular weight is 454 g/mol. The molecule has 30 heavy (non-hydrogen) atoms. The number of rotatable bonds is 7. The Labute approximate surface area is 180 Å². The number of halogens is 3. The van der Waals surface area contributed by atoms with Crippen molar-refractivity contribution in [2.75, 3.05) is 25.5 Å². The lowest BCUT2D eigenvalue weighted by Crippen LogP contribution is -2.31. The molecular formula is C20H18ClF2N3O3S. The van der Waals surface area contributed by atoms with Crippen LogP contribution in [0.5, 0.6) is 0 Å². The maximum absolute atomic E-state index is 13.3. The fourth-order valence-corrected chi connectivity index (χ4v) is 3.72. The molecular weight excluding hydrogens is 436 g/mol. The molecule has 0 aliphatic heterocycles. The Morgan fingerprint density at radius 2 is 1.97 bits per heavy atom. The second-order valence-electron chi connectivity index (χ2n) is 6.42. The van der Waals surface area contributed by atoms with Gasteiger partial charge in [0.15, 0.2) is 16.8 Å². The first-order valence-corrected chi connectivity index (χ1v) is 10.2. The molecule has 0 saturated carbocycles. The molecule has 0 atom stereocenters. The zero-order valence-electron chi connectivity index (χ0n) is 16.0. The van der Waals surface area contributed by atoms with Gasteiger partial charge in [-0.05, 0) is 24.1 Å². The second-order valence-corrected chi connectivity index (χ2v) is 7.86. The Bertz CT molecular complexity index is 1040. The molecule has 0 aliphatic carbocycles. The highest BCUT2D eigenvalue weighted by atomic mass is 35.5. The van der Waals surface area contributed by atoms with Crippen LogP contribution in [0.25, 0.3) is 10.2 Å². The van der Waals surface area contributed by atoms with E-state index in [0.717, 1.165) is 29.0 Å². The predicted octanol–water partition coefficient (Wildman–Crippen LogP) is 4.87. The minimum absolute atomic E-state index is 0.0195. The number of likely N-dealkylation sites (N-methyl/N-ethyl adjacent to an activating group) is 1. The molecule has 0 saturated heterocycles. The molecule has 0 unspecified atom stereocenters. The summed E-state index contributed by atoms with van der Waals surface area (Å²) in [6, 6.07) is 9.31. The normalized spacial score (nSPS) is 10.8. The van der Waals surface area contributed by atoms with E-state index < -0.39 is 17.7 Å². The van der Waals surface area contributed by atoms with Gasteiger partial charge < -0.3 is 9.64 Å². The minimum atomic E-state index is -1.01. The van der Waals surface area contributed by atoms with E-state index in [1.165, 1.54) is 4.90 Å². The summed E-state index contributed by atoms with van der Waals surface area (Å²) in [6.07, 6.45) is 0.0285. The highest BCUT2D eigenvalue weighted by Crippen LogP contribution is 2.27. The lowest BCUT2D eigenvalue weighted by atomic mass is 10.1. The van der Waals surface area contributed by atoms with Crippen molar-refractivity contribution in [3.63, 3.8) is 0 Å². The summed E-state index contributed by atoms with van der Waals surface area (Å²) in [5.74, 6) is -2.10. The molecule has 1 aromatic heterocycles. The molecule has 1 N–H and O–H groups in total. The quantitative estimate of drug-likeness (QED) is 0.554. The zero-order valence-corrected chi connectivity index (χ0v) is 17.5. The summed E-state index contributed by atoms with van der Waals surface area (Å²) < 4.78 is 31.9. The fourth-order valence-electron chi connectivity index (χ4n) is 2.63. The first-order valence-electron chi connectivity index (χ1n) is 9.00. The molecule has 0 spiro atoms. The third-order valence-electron chi connectivity index (χ3n) is 4.29. The summed E-state index contributed by atoms with van der Waals surface area (Å²) >= 11 is 7.08. The maximum atomic E-state index is 13.3. The summed E-state index contributed by atoms with van der Waals surface area (Å²) in [5, 5.41) is 3.18. The summed E-state index contributed by atoms with van der Waals surface area (Å²) in [4.78, 5) is 29.6. The number of fused-ring (bicyclic) bond motifs is 1. The van der Waals surface area contributed by atoms with Crippen molar-refractivity contribution in [1.82, 2.24) is 9.88 Å². The number of amides is 2. The number of carbonyl (C=O) groups excluding carboxylic acids is 2. The molecule has 158 valence electrons. The summed E-state index contributed by atoms with van der Waals surface area (Å²) in [7, 11) is 1.62. The number of hydrogen-bond donors (Lipinski definition) is 1. The molecule has 3 aromatic rings. The third-order valence-corrected chi connectivity index (χ3v) is 5.59. The van der Waals surface area contributed by atoms with Gasteiger partial charge in [0, 0.05) is 24.6 Å². The highest BCUT2D eigenvalue weighted by Gasteiger charge is 2.14. The van der Waals surface area contributed by atoms with Crippen LogP contribution >= 0.6 is 22.9 Å². The number of anilines is 1. The van der Waals surface area contributed by atoms with Crippen molar-refractivity contribution in [2.24, 2.45) is 0 Å². The third kappa shape index (κ3) is 5.64. The van der Waals surface area contributed by atoms with Gasteiger partial charge in [-0.25, -0.2) is 18.6 Å². The van der Waals surface area contributed by atoms with E-state index in [0.29, 0.717) is 16.1 Å². The number of benzene rings is 2. The Hall–Kier alpha value is -2.78. The standard InChI is InChI=1S/C20H18ClF2N3O3S/c1-26(18(27)7-6-12-4-2-3-5-13(12)21)8-9-29-20(28)25-19-24-16-10-14(22)15(23)11-17(16)30-19/h2-5,10-11H,6-9H2,1H3,(H,24,25,28). The molecule has 0 bridgehead atoms. The molecule has 10 heteroatoms. The number of hydrogen-bond acceptors (Lipinski definition) is 5. The molecule has 6 nitrogen and oxygen atoms in total. The van der Waals surface area contributed by atoms with Crippen molar-refractivity contribution < 1.29 is 23.1 Å². The van der Waals surface area contributed by atoms with E-state index in [9.17, 15) is 18.4 Å². The summed E-state index contributed by atoms with van der Waals surface area (Å²) in [5.41, 5.74) is 1.13. The van der Waals surface area contributed by atoms with Gasteiger partial charge in [0.2, 0.25) is 5.91 Å². The zero-order chi connectivity index (χ0) is 21.7. The smallest absolute Gasteiger partial charge is 0.413 e. The van der Waals surface area contributed by atoms with E-state index in [-0.39, 0.29) is 36.1 Å². The fraction of sp³-hybridized carbons (Fsp3) is 0.250. The van der Waals surface area contributed by atoms with Crippen molar-refractivity contribution in [3.8, 4) is 0 Å². The Morgan fingerprint density at radius 3 is 2.73 bits per heavy atom. The Balaban J connectivity index is 1.42. The van der Waals surface area contributed by atoms with Crippen molar-refractivity contribution in [3.05, 3.63) is 58.6 Å². The first-order chi connectivity index (χ1) is 14.3. The lowest BCUT2D eigenvalue weighted by molar-refractivity contribution is -0.130. The Kier molecular flexibility index (Phi) is 7.17. The van der Waals surface area contributed by atoms with Gasteiger partial charge in [-0.2, -0.15) is 0 Å². The topological polar surface area (TPSA) is 71.5 Å². The van der Waals surface area contributed by atoms with Crippen LogP contribution in [-0.4, -0.2) is 42.1 Å². The van der Waals surface area contributed by atoms with E-state index in [4.69, 9.17) is 16.3 Å². The van der Waals surface area contributed by atoms with Crippen LogP contribution in [0.15, 0.2) is 36.4 Å². The van der Waals surface area contributed by atoms with Crippen LogP contribution in [0.2, 0.25) is 5.02 Å². The van der Waals surface area contributed by atoms with Gasteiger partial charge in [0.1, 0.15) is 6.61 Å². The van der Waals surface area contributed by atoms with Gasteiger partial charge in [-0.15, -0.1) is 0 Å². The molecule has 2 aromatic carbocycles. The SMILES string of the molecule is CN(CCOC(=O)Nc1nc2cc(F)c(F)cc2s1)C(=O)CCc1ccccc1Cl. The molecule has 2 amide bonds. The number of aryl methyl sites for hydroxylation is 1.